The monoisotopic (exact) mass is 480 g/mol. The van der Waals surface area contributed by atoms with Gasteiger partial charge in [-0.15, -0.1) is 0 Å². The fourth-order valence-electron chi connectivity index (χ4n) is 3.17. The summed E-state index contributed by atoms with van der Waals surface area (Å²) in [6.07, 6.45) is 0. The van der Waals surface area contributed by atoms with Crippen LogP contribution in [0.25, 0.3) is 10.8 Å². The summed E-state index contributed by atoms with van der Waals surface area (Å²) in [5.74, 6) is 1.97. The summed E-state index contributed by atoms with van der Waals surface area (Å²) in [5, 5.41) is 1.95. The topological polar surface area (TPSA) is 72.5 Å². The van der Waals surface area contributed by atoms with E-state index in [4.69, 9.17) is 28.4 Å². The van der Waals surface area contributed by atoms with Crippen LogP contribution in [-0.2, 0) is 19.0 Å². The molecule has 3 rings (SSSR count). The van der Waals surface area contributed by atoms with Crippen molar-refractivity contribution in [3.63, 3.8) is 0 Å². The van der Waals surface area contributed by atoms with E-state index in [9.17, 15) is 4.79 Å². The van der Waals surface area contributed by atoms with E-state index < -0.39 is 5.97 Å². The lowest BCUT2D eigenvalue weighted by Gasteiger charge is -2.14. The Kier molecular flexibility index (Phi) is 10.9. The van der Waals surface area contributed by atoms with E-state index in [1.165, 1.54) is 0 Å². The predicted octanol–water partition coefficient (Wildman–Crippen LogP) is 4.83. The quantitative estimate of drug-likeness (QED) is 0.165. The number of carbonyl (C=O) groups is 1. The third kappa shape index (κ3) is 8.96. The van der Waals surface area contributed by atoms with Crippen molar-refractivity contribution in [1.82, 2.24) is 0 Å². The van der Waals surface area contributed by atoms with Crippen molar-refractivity contribution in [3.8, 4) is 17.2 Å². The van der Waals surface area contributed by atoms with E-state index in [1.807, 2.05) is 66.7 Å². The van der Waals surface area contributed by atoms with Crippen molar-refractivity contribution in [3.05, 3.63) is 78.9 Å². The van der Waals surface area contributed by atoms with Crippen molar-refractivity contribution in [1.29, 1.82) is 0 Å². The molecule has 0 aliphatic carbocycles. The average Bonchev–Trinajstić information content (AvgIpc) is 2.88. The van der Waals surface area contributed by atoms with Gasteiger partial charge in [0.15, 0.2) is 0 Å². The molecule has 186 valence electrons. The third-order valence-corrected chi connectivity index (χ3v) is 4.86. The van der Waals surface area contributed by atoms with Crippen LogP contribution in [0, 0.1) is 0 Å². The Bertz CT molecular complexity index is 1070. The second kappa shape index (κ2) is 14.7. The zero-order valence-corrected chi connectivity index (χ0v) is 20.1. The number of benzene rings is 3. The first-order valence-electron chi connectivity index (χ1n) is 11.6. The van der Waals surface area contributed by atoms with Crippen LogP contribution in [0.2, 0.25) is 0 Å². The number of fused-ring (bicyclic) bond motifs is 1. The van der Waals surface area contributed by atoms with Gasteiger partial charge in [0.25, 0.3) is 0 Å². The molecule has 0 aromatic heterocycles. The molecule has 0 spiro atoms. The molecule has 0 N–H and O–H groups in total. The number of ether oxygens (including phenoxy) is 6. The number of esters is 1. The van der Waals surface area contributed by atoms with Gasteiger partial charge in [0.2, 0.25) is 0 Å². The molecule has 0 radical (unpaired) electrons. The molecular weight excluding hydrogens is 448 g/mol. The van der Waals surface area contributed by atoms with Crippen LogP contribution in [0.4, 0.5) is 0 Å². The Balaban J connectivity index is 1.35. The normalized spacial score (nSPS) is 10.7. The molecule has 7 nitrogen and oxygen atoms in total. The zero-order chi connectivity index (χ0) is 24.7. The number of hydrogen-bond donors (Lipinski definition) is 0. The van der Waals surface area contributed by atoms with Crippen molar-refractivity contribution in [2.75, 3.05) is 52.9 Å². The fourth-order valence-corrected chi connectivity index (χ4v) is 3.17. The van der Waals surface area contributed by atoms with Gasteiger partial charge < -0.3 is 28.4 Å². The highest BCUT2D eigenvalue weighted by atomic mass is 16.6. The van der Waals surface area contributed by atoms with Gasteiger partial charge in [-0.25, -0.2) is 4.79 Å². The first-order valence-corrected chi connectivity index (χ1v) is 11.6. The minimum Gasteiger partial charge on any atom is -0.491 e. The molecular formula is C28H32O7. The second-order valence-corrected chi connectivity index (χ2v) is 7.61. The molecule has 0 saturated heterocycles. The van der Waals surface area contributed by atoms with Crippen molar-refractivity contribution >= 4 is 16.7 Å². The Labute approximate surface area is 206 Å². The molecule has 0 saturated carbocycles. The molecule has 0 heterocycles. The molecule has 0 aliphatic rings. The zero-order valence-electron chi connectivity index (χ0n) is 20.1. The van der Waals surface area contributed by atoms with E-state index in [0.29, 0.717) is 51.8 Å². The molecule has 35 heavy (non-hydrogen) atoms. The Morgan fingerprint density at radius 1 is 0.629 bits per heavy atom. The van der Waals surface area contributed by atoms with E-state index in [1.54, 1.807) is 6.92 Å². The van der Waals surface area contributed by atoms with E-state index >= 15 is 0 Å². The highest BCUT2D eigenvalue weighted by molar-refractivity contribution is 5.93. The lowest BCUT2D eigenvalue weighted by atomic mass is 10.1. The van der Waals surface area contributed by atoms with Crippen molar-refractivity contribution in [2.45, 2.75) is 6.92 Å². The van der Waals surface area contributed by atoms with Crippen LogP contribution in [0.15, 0.2) is 78.9 Å². The fraction of sp³-hybridized carbons (Fsp3) is 0.321. The Morgan fingerprint density at radius 2 is 1.11 bits per heavy atom. The first kappa shape index (κ1) is 26.1. The predicted molar refractivity (Wildman–Crippen MR) is 134 cm³/mol. The summed E-state index contributed by atoms with van der Waals surface area (Å²) < 4.78 is 33.5. The van der Waals surface area contributed by atoms with Crippen LogP contribution in [0.1, 0.15) is 6.92 Å². The minimum absolute atomic E-state index is 0.196. The number of para-hydroxylation sites is 1. The largest absolute Gasteiger partial charge is 0.491 e. The molecule has 3 aromatic rings. The average molecular weight is 481 g/mol. The molecule has 7 heteroatoms. The molecule has 3 aromatic carbocycles. The second-order valence-electron chi connectivity index (χ2n) is 7.61. The summed E-state index contributed by atoms with van der Waals surface area (Å²) in [7, 11) is 0. The summed E-state index contributed by atoms with van der Waals surface area (Å²) in [6.45, 7) is 8.20. The van der Waals surface area contributed by atoms with E-state index in [0.717, 1.165) is 28.0 Å². The van der Waals surface area contributed by atoms with Gasteiger partial charge in [0.05, 0.1) is 26.4 Å². The summed E-state index contributed by atoms with van der Waals surface area (Å²) in [6, 6.07) is 21.5. The smallest absolute Gasteiger partial charge is 0.333 e. The molecule has 0 fully saturated rings. The van der Waals surface area contributed by atoms with Crippen molar-refractivity contribution < 1.29 is 33.2 Å². The molecule has 0 aliphatic heterocycles. The number of rotatable bonds is 16. The van der Waals surface area contributed by atoms with Crippen LogP contribution in [-0.4, -0.2) is 58.8 Å². The molecule has 0 bridgehead atoms. The summed E-state index contributed by atoms with van der Waals surface area (Å²) >= 11 is 0. The number of hydrogen-bond acceptors (Lipinski definition) is 7. The minimum atomic E-state index is -0.411. The van der Waals surface area contributed by atoms with Gasteiger partial charge in [0, 0.05) is 16.3 Å². The highest BCUT2D eigenvalue weighted by Crippen LogP contribution is 2.33. The molecule has 0 unspecified atom stereocenters. The highest BCUT2D eigenvalue weighted by Gasteiger charge is 2.08. The summed E-state index contributed by atoms with van der Waals surface area (Å²) in [5.41, 5.74) is 0.372. The maximum atomic E-state index is 11.2. The van der Waals surface area contributed by atoms with Gasteiger partial charge in [0.1, 0.15) is 43.7 Å². The lowest BCUT2D eigenvalue weighted by Crippen LogP contribution is -2.14. The van der Waals surface area contributed by atoms with E-state index in [2.05, 4.69) is 6.58 Å². The Hall–Kier alpha value is -3.55. The van der Waals surface area contributed by atoms with Gasteiger partial charge >= 0.3 is 5.97 Å². The van der Waals surface area contributed by atoms with E-state index in [-0.39, 0.29) is 6.61 Å². The van der Waals surface area contributed by atoms with Crippen LogP contribution < -0.4 is 14.2 Å². The van der Waals surface area contributed by atoms with Gasteiger partial charge in [-0.1, -0.05) is 49.0 Å². The Morgan fingerprint density at radius 3 is 1.71 bits per heavy atom. The SMILES string of the molecule is C=C(C)C(=O)OCCOCCOCCOc1ccc(OCCOc2ccccc2)c2ccccc12. The standard InChI is InChI=1S/C28H32O7/c1-22(2)28(29)35-19-17-31-15-14-30-16-18-33-26-12-13-27(25-11-7-6-10-24(25)26)34-21-20-32-23-8-4-3-5-9-23/h3-13H,1,14-21H2,2H3. The van der Waals surface area contributed by atoms with Crippen LogP contribution >= 0.6 is 0 Å². The maximum Gasteiger partial charge on any atom is 0.333 e. The molecule has 0 amide bonds. The van der Waals surface area contributed by atoms with Crippen molar-refractivity contribution in [2.24, 2.45) is 0 Å². The summed E-state index contributed by atoms with van der Waals surface area (Å²) in [4.78, 5) is 11.2. The molecule has 0 atom stereocenters. The van der Waals surface area contributed by atoms with Gasteiger partial charge in [-0.3, -0.25) is 0 Å². The van der Waals surface area contributed by atoms with Crippen LogP contribution in [0.3, 0.4) is 0 Å². The van der Waals surface area contributed by atoms with Crippen LogP contribution in [0.5, 0.6) is 17.2 Å². The van der Waals surface area contributed by atoms with Gasteiger partial charge in [-0.2, -0.15) is 0 Å². The lowest BCUT2D eigenvalue weighted by molar-refractivity contribution is -0.140. The maximum absolute atomic E-state index is 11.2. The number of carbonyl (C=O) groups excluding carboxylic acids is 1. The third-order valence-electron chi connectivity index (χ3n) is 4.86. The van der Waals surface area contributed by atoms with Gasteiger partial charge in [-0.05, 0) is 31.2 Å². The first-order chi connectivity index (χ1) is 17.1.